The first-order chi connectivity index (χ1) is 15.0. The van der Waals surface area contributed by atoms with E-state index in [0.29, 0.717) is 10.4 Å². The van der Waals surface area contributed by atoms with E-state index in [1.165, 1.54) is 37.4 Å². The number of fused-ring (bicyclic) bond motifs is 1. The Labute approximate surface area is 192 Å². The van der Waals surface area contributed by atoms with Crippen molar-refractivity contribution in [3.63, 3.8) is 0 Å². The van der Waals surface area contributed by atoms with Crippen LogP contribution in [0.4, 0.5) is 4.69 Å². The van der Waals surface area contributed by atoms with Crippen LogP contribution in [0.2, 0.25) is 0 Å². The van der Waals surface area contributed by atoms with Crippen LogP contribution in [-0.4, -0.2) is 88.3 Å². The average molecular weight is 530 g/mol. The van der Waals surface area contributed by atoms with Gasteiger partial charge in [-0.3, -0.25) is 4.79 Å². The number of β-lactam (4-membered cyclic amide) rings is 1. The number of carbonyl (C=O) groups is 4. The number of anilines is 1. The predicted octanol–water partition coefficient (Wildman–Crippen LogP) is -0.848. The zero-order chi connectivity index (χ0) is 23.6. The number of nitrogens with zero attached hydrogens (tertiary/aromatic N) is 3. The summed E-state index contributed by atoms with van der Waals surface area (Å²) in [6.45, 7) is 3.97. The van der Waals surface area contributed by atoms with Crippen molar-refractivity contribution in [1.82, 2.24) is 15.2 Å². The van der Waals surface area contributed by atoms with Crippen molar-refractivity contribution in [2.24, 2.45) is 5.16 Å². The summed E-state index contributed by atoms with van der Waals surface area (Å²) in [4.78, 5) is 60.0. The summed E-state index contributed by atoms with van der Waals surface area (Å²) >= 11 is 1.14. The van der Waals surface area contributed by atoms with Crippen molar-refractivity contribution in [2.45, 2.75) is 37.8 Å². The van der Waals surface area contributed by atoms with Crippen LogP contribution >= 0.6 is 11.8 Å². The number of carbonyl (C=O) groups excluding carboxylic acids is 3. The first-order valence-corrected chi connectivity index (χ1v) is 12.2. The fraction of sp³-hybridized carbons (Fsp3) is 0.444. The molecule has 3 rings (SSSR count). The number of carboxylic acids is 1. The molecule has 2 aliphatic heterocycles. The molecule has 2 atom stereocenters. The van der Waals surface area contributed by atoms with Gasteiger partial charge in [0.05, 0.1) is 0 Å². The van der Waals surface area contributed by atoms with Crippen molar-refractivity contribution >= 4 is 60.4 Å². The van der Waals surface area contributed by atoms with Crippen LogP contribution in [0.15, 0.2) is 21.9 Å². The molecular formula is C18H21N5O7SSe. The van der Waals surface area contributed by atoms with Gasteiger partial charge in [0, 0.05) is 6.92 Å². The summed E-state index contributed by atoms with van der Waals surface area (Å²) in [5.74, 6) is -2.23. The van der Waals surface area contributed by atoms with Crippen molar-refractivity contribution < 1.29 is 33.9 Å². The molecule has 12 nitrogen and oxygen atoms in total. The van der Waals surface area contributed by atoms with Gasteiger partial charge in [0.1, 0.15) is 0 Å². The van der Waals surface area contributed by atoms with Crippen molar-refractivity contribution in [2.75, 3.05) is 18.1 Å². The van der Waals surface area contributed by atoms with Crippen LogP contribution in [0.5, 0.6) is 0 Å². The second-order valence-corrected chi connectivity index (χ2v) is 10.4. The molecule has 1 aromatic rings. The number of aromatic nitrogens is 1. The summed E-state index contributed by atoms with van der Waals surface area (Å²) < 4.78 is 5.28. The van der Waals surface area contributed by atoms with E-state index < -0.39 is 29.5 Å². The summed E-state index contributed by atoms with van der Waals surface area (Å²) in [6, 6.07) is -0.814. The number of nitrogens with two attached hydrogens (primary N) is 1. The molecule has 0 aliphatic carbocycles. The number of hydrogen-bond acceptors (Lipinski definition) is 10. The number of esters is 1. The van der Waals surface area contributed by atoms with Gasteiger partial charge < -0.3 is 0 Å². The van der Waals surface area contributed by atoms with Crippen LogP contribution in [0, 0.1) is 0 Å². The zero-order valence-electron chi connectivity index (χ0n) is 17.4. The molecule has 4 N–H and O–H groups in total. The second-order valence-electron chi connectivity index (χ2n) is 7.38. The van der Waals surface area contributed by atoms with Gasteiger partial charge in [0.15, 0.2) is 0 Å². The number of amides is 2. The number of hydrogen-bond donors (Lipinski definition) is 3. The van der Waals surface area contributed by atoms with Crippen molar-refractivity contribution in [3.05, 3.63) is 22.4 Å². The second kappa shape index (κ2) is 9.35. The Balaban J connectivity index is 1.73. The standard InChI is InChI=1S/C18H21N5O7SSe/c1-8(24)29-5-9-4-23-14(26)12(15(23)31-6-9)21-13(25)11(10-7-32-17(19)20-10)22-30-18(2,3)16(27)28/h4,7,12,15H,5-6H2,1-3H3,(H2,19,20)(H,21,25)(H,27,28)/b22-11-/t12-,15-/m1/s1. The average Bonchev–Trinajstić information content (AvgIpc) is 3.15. The van der Waals surface area contributed by atoms with Crippen LogP contribution in [0.1, 0.15) is 26.5 Å². The van der Waals surface area contributed by atoms with E-state index in [-0.39, 0.29) is 43.8 Å². The van der Waals surface area contributed by atoms with Crippen LogP contribution in [0.25, 0.3) is 0 Å². The van der Waals surface area contributed by atoms with Gasteiger partial charge in [0.25, 0.3) is 0 Å². The first-order valence-electron chi connectivity index (χ1n) is 9.28. The molecule has 0 bridgehead atoms. The molecule has 1 fully saturated rings. The molecule has 3 heterocycles. The van der Waals surface area contributed by atoms with E-state index >= 15 is 0 Å². The molecule has 14 heteroatoms. The van der Waals surface area contributed by atoms with E-state index in [2.05, 4.69) is 15.5 Å². The monoisotopic (exact) mass is 531 g/mol. The zero-order valence-corrected chi connectivity index (χ0v) is 19.9. The van der Waals surface area contributed by atoms with Gasteiger partial charge in [-0.25, -0.2) is 0 Å². The van der Waals surface area contributed by atoms with Crippen LogP contribution in [0.3, 0.4) is 0 Å². The van der Waals surface area contributed by atoms with Gasteiger partial charge in [-0.05, 0) is 0 Å². The Morgan fingerprint density at radius 1 is 1.47 bits per heavy atom. The molecule has 32 heavy (non-hydrogen) atoms. The molecule has 172 valence electrons. The minimum absolute atomic E-state index is 0.0959. The van der Waals surface area contributed by atoms with Crippen LogP contribution in [-0.2, 0) is 28.8 Å². The minimum atomic E-state index is -1.68. The Morgan fingerprint density at radius 3 is 2.78 bits per heavy atom. The molecule has 0 radical (unpaired) electrons. The van der Waals surface area contributed by atoms with Gasteiger partial charge >= 0.3 is 181 Å². The van der Waals surface area contributed by atoms with Crippen molar-refractivity contribution in [3.8, 4) is 0 Å². The Morgan fingerprint density at radius 2 is 2.19 bits per heavy atom. The molecular weight excluding hydrogens is 509 g/mol. The molecule has 0 saturated carbocycles. The molecule has 1 saturated heterocycles. The molecule has 0 spiro atoms. The molecule has 2 amide bonds. The SMILES string of the molecule is CC(=O)OCC1=CN2C(=O)[C@@H](NC(=O)/C(=N\OC(C)(C)C(=O)O)c3c[se]c(N)n3)[C@H]2SC1. The fourth-order valence-corrected chi connectivity index (χ4v) is 5.04. The van der Waals surface area contributed by atoms with E-state index in [4.69, 9.17) is 15.3 Å². The Hall–Kier alpha value is -2.83. The number of aliphatic carboxylic acids is 1. The van der Waals surface area contributed by atoms with E-state index in [0.717, 1.165) is 5.57 Å². The maximum atomic E-state index is 12.9. The molecule has 0 unspecified atom stereocenters. The number of rotatable bonds is 8. The number of thioether (sulfide) groups is 1. The topological polar surface area (TPSA) is 174 Å². The number of oxime groups is 1. The number of ether oxygens (including phenoxy) is 1. The fourth-order valence-electron chi connectivity index (χ4n) is 2.64. The van der Waals surface area contributed by atoms with Gasteiger partial charge in [-0.2, -0.15) is 0 Å². The third-order valence-corrected chi connectivity index (χ3v) is 7.24. The van der Waals surface area contributed by atoms with Gasteiger partial charge in [-0.1, -0.05) is 0 Å². The van der Waals surface area contributed by atoms with Crippen molar-refractivity contribution in [1.29, 1.82) is 0 Å². The number of carboxylic acid groups (broad SMARTS) is 1. The van der Waals surface area contributed by atoms with Gasteiger partial charge in [0.2, 0.25) is 0 Å². The van der Waals surface area contributed by atoms with E-state index in [9.17, 15) is 24.3 Å². The Kier molecular flexibility index (Phi) is 6.96. The number of nitrogens with one attached hydrogen (secondary N) is 1. The Bertz CT molecular complexity index is 1020. The molecule has 0 aromatic carbocycles. The quantitative estimate of drug-likeness (QED) is 0.126. The van der Waals surface area contributed by atoms with Crippen LogP contribution < -0.4 is 11.1 Å². The van der Waals surface area contributed by atoms with E-state index in [1.54, 1.807) is 11.1 Å². The third-order valence-electron chi connectivity index (χ3n) is 4.45. The number of nitrogen functional groups attached to an aromatic ring is 1. The summed E-state index contributed by atoms with van der Waals surface area (Å²) in [6.07, 6.45) is 1.62. The summed E-state index contributed by atoms with van der Waals surface area (Å²) in [7, 11) is 0. The van der Waals surface area contributed by atoms with E-state index in [1.807, 2.05) is 0 Å². The normalized spacial score (nSPS) is 20.6. The maximum absolute atomic E-state index is 12.9. The molecule has 1 aromatic heterocycles. The van der Waals surface area contributed by atoms with Gasteiger partial charge in [-0.15, -0.1) is 0 Å². The molecule has 2 aliphatic rings. The third kappa shape index (κ3) is 5.14. The summed E-state index contributed by atoms with van der Waals surface area (Å²) in [5, 5.41) is 15.2. The first kappa shape index (κ1) is 23.8. The summed E-state index contributed by atoms with van der Waals surface area (Å²) in [5.41, 5.74) is 4.68. The predicted molar refractivity (Wildman–Crippen MR) is 115 cm³/mol.